The lowest BCUT2D eigenvalue weighted by molar-refractivity contribution is -0.412. The Labute approximate surface area is 183 Å². The van der Waals surface area contributed by atoms with Crippen molar-refractivity contribution >= 4 is 0 Å². The van der Waals surface area contributed by atoms with Gasteiger partial charge in [-0.1, -0.05) is 107 Å². The quantitative estimate of drug-likeness (QED) is 0.148. The highest BCUT2D eigenvalue weighted by atomic mass is 16.9. The summed E-state index contributed by atoms with van der Waals surface area (Å²) >= 11 is 0. The van der Waals surface area contributed by atoms with Crippen LogP contribution in [0.25, 0.3) is 0 Å². The second-order valence-corrected chi connectivity index (χ2v) is 10.1. The average molecular weight is 415 g/mol. The normalized spacial score (nSPS) is 13.8. The van der Waals surface area contributed by atoms with Crippen LogP contribution in [0.2, 0.25) is 0 Å². The van der Waals surface area contributed by atoms with Gasteiger partial charge in [-0.05, 0) is 30.6 Å². The van der Waals surface area contributed by atoms with E-state index in [1.807, 2.05) is 0 Å². The Kier molecular flexibility index (Phi) is 17.5. The summed E-state index contributed by atoms with van der Waals surface area (Å²) in [4.78, 5) is 0. The maximum absolute atomic E-state index is 6.50. The molecule has 0 rings (SSSR count). The molecule has 0 spiro atoms. The Morgan fingerprint density at radius 2 is 0.897 bits per heavy atom. The SMILES string of the molecule is CCCCCCCCC(CCCC)C(OCC(C)C)(OCC(C)C)OCC(C)C. The summed E-state index contributed by atoms with van der Waals surface area (Å²) in [6, 6.07) is 0. The zero-order valence-electron chi connectivity index (χ0n) is 21.2. The molecule has 0 aliphatic heterocycles. The van der Waals surface area contributed by atoms with Crippen molar-refractivity contribution in [3.8, 4) is 0 Å². The zero-order valence-corrected chi connectivity index (χ0v) is 21.2. The summed E-state index contributed by atoms with van der Waals surface area (Å²) in [7, 11) is 0. The maximum Gasteiger partial charge on any atom is 0.285 e. The van der Waals surface area contributed by atoms with Gasteiger partial charge in [0.05, 0.1) is 19.8 Å². The lowest BCUT2D eigenvalue weighted by Crippen LogP contribution is -2.48. The van der Waals surface area contributed by atoms with Gasteiger partial charge in [0.25, 0.3) is 5.97 Å². The van der Waals surface area contributed by atoms with Crippen LogP contribution >= 0.6 is 0 Å². The molecule has 0 saturated carbocycles. The van der Waals surface area contributed by atoms with Crippen molar-refractivity contribution in [2.45, 2.75) is 126 Å². The molecule has 0 aliphatic carbocycles. The van der Waals surface area contributed by atoms with E-state index in [-0.39, 0.29) is 0 Å². The van der Waals surface area contributed by atoms with Crippen molar-refractivity contribution < 1.29 is 14.2 Å². The molecule has 29 heavy (non-hydrogen) atoms. The number of ether oxygens (including phenoxy) is 3. The smallest absolute Gasteiger partial charge is 0.285 e. The Bertz CT molecular complexity index is 321. The van der Waals surface area contributed by atoms with Crippen LogP contribution in [-0.4, -0.2) is 25.8 Å². The largest absolute Gasteiger partial charge is 0.327 e. The first kappa shape index (κ1) is 28.9. The van der Waals surface area contributed by atoms with Gasteiger partial charge in [-0.15, -0.1) is 0 Å². The fourth-order valence-electron chi connectivity index (χ4n) is 3.45. The number of hydrogen-bond donors (Lipinski definition) is 0. The lowest BCUT2D eigenvalue weighted by Gasteiger charge is -2.41. The van der Waals surface area contributed by atoms with E-state index in [9.17, 15) is 0 Å². The summed E-state index contributed by atoms with van der Waals surface area (Å²) < 4.78 is 19.5. The molecule has 0 aromatic carbocycles. The van der Waals surface area contributed by atoms with Gasteiger partial charge in [0.2, 0.25) is 0 Å². The van der Waals surface area contributed by atoms with E-state index in [1.54, 1.807) is 0 Å². The molecule has 0 heterocycles. The summed E-state index contributed by atoms with van der Waals surface area (Å²) in [5.74, 6) is 0.781. The van der Waals surface area contributed by atoms with Crippen LogP contribution < -0.4 is 0 Å². The van der Waals surface area contributed by atoms with Crippen molar-refractivity contribution in [2.24, 2.45) is 23.7 Å². The highest BCUT2D eigenvalue weighted by molar-refractivity contribution is 4.74. The third-order valence-electron chi connectivity index (χ3n) is 5.17. The van der Waals surface area contributed by atoms with Gasteiger partial charge >= 0.3 is 0 Å². The van der Waals surface area contributed by atoms with E-state index < -0.39 is 5.97 Å². The van der Waals surface area contributed by atoms with Crippen LogP contribution in [0.1, 0.15) is 120 Å². The van der Waals surface area contributed by atoms with Gasteiger partial charge in [0, 0.05) is 5.92 Å². The molecular formula is C26H54O3. The molecule has 0 saturated heterocycles. The number of hydrogen-bond acceptors (Lipinski definition) is 3. The van der Waals surface area contributed by atoms with Crippen molar-refractivity contribution in [3.05, 3.63) is 0 Å². The van der Waals surface area contributed by atoms with Crippen molar-refractivity contribution in [1.29, 1.82) is 0 Å². The van der Waals surface area contributed by atoms with Gasteiger partial charge in [-0.3, -0.25) is 0 Å². The Morgan fingerprint density at radius 1 is 0.517 bits per heavy atom. The van der Waals surface area contributed by atoms with E-state index in [0.29, 0.717) is 43.5 Å². The first-order valence-electron chi connectivity index (χ1n) is 12.7. The van der Waals surface area contributed by atoms with Gasteiger partial charge < -0.3 is 14.2 Å². The van der Waals surface area contributed by atoms with Crippen LogP contribution in [0.3, 0.4) is 0 Å². The predicted molar refractivity (Wildman–Crippen MR) is 126 cm³/mol. The standard InChI is InChI=1S/C26H54O3/c1-9-11-13-14-15-16-18-25(17-12-10-2)26(27-19-22(3)4,28-20-23(5)6)29-21-24(7)8/h22-25H,9-21H2,1-8H3. The molecule has 0 amide bonds. The van der Waals surface area contributed by atoms with Crippen LogP contribution in [0.15, 0.2) is 0 Å². The first-order chi connectivity index (χ1) is 13.8. The molecular weight excluding hydrogens is 360 g/mol. The van der Waals surface area contributed by atoms with Crippen molar-refractivity contribution in [2.75, 3.05) is 19.8 Å². The highest BCUT2D eigenvalue weighted by Gasteiger charge is 2.42. The van der Waals surface area contributed by atoms with Gasteiger partial charge in [-0.2, -0.15) is 0 Å². The summed E-state index contributed by atoms with van der Waals surface area (Å²) in [6.45, 7) is 19.8. The van der Waals surface area contributed by atoms with E-state index >= 15 is 0 Å². The maximum atomic E-state index is 6.50. The summed E-state index contributed by atoms with van der Waals surface area (Å²) in [6.07, 6.45) is 12.5. The highest BCUT2D eigenvalue weighted by Crippen LogP contribution is 2.35. The van der Waals surface area contributed by atoms with Crippen LogP contribution in [0.5, 0.6) is 0 Å². The minimum absolute atomic E-state index is 0.296. The van der Waals surface area contributed by atoms with Crippen molar-refractivity contribution in [3.63, 3.8) is 0 Å². The van der Waals surface area contributed by atoms with E-state index in [2.05, 4.69) is 55.4 Å². The van der Waals surface area contributed by atoms with Crippen LogP contribution in [0.4, 0.5) is 0 Å². The Balaban J connectivity index is 5.35. The zero-order chi connectivity index (χ0) is 22.1. The molecule has 0 N–H and O–H groups in total. The van der Waals surface area contributed by atoms with E-state index in [0.717, 1.165) is 12.8 Å². The lowest BCUT2D eigenvalue weighted by atomic mass is 9.92. The molecule has 1 unspecified atom stereocenters. The third-order valence-corrected chi connectivity index (χ3v) is 5.17. The number of rotatable bonds is 20. The average Bonchev–Trinajstić information content (AvgIpc) is 2.66. The molecule has 1 atom stereocenters. The van der Waals surface area contributed by atoms with E-state index in [1.165, 1.54) is 51.4 Å². The molecule has 0 fully saturated rings. The second-order valence-electron chi connectivity index (χ2n) is 10.1. The van der Waals surface area contributed by atoms with Crippen molar-refractivity contribution in [1.82, 2.24) is 0 Å². The fourth-order valence-corrected chi connectivity index (χ4v) is 3.45. The molecule has 0 aliphatic rings. The van der Waals surface area contributed by atoms with Crippen LogP contribution in [0, 0.1) is 23.7 Å². The van der Waals surface area contributed by atoms with Gasteiger partial charge in [0.15, 0.2) is 0 Å². The number of unbranched alkanes of at least 4 members (excludes halogenated alkanes) is 6. The first-order valence-corrected chi connectivity index (χ1v) is 12.7. The monoisotopic (exact) mass is 414 g/mol. The second kappa shape index (κ2) is 17.5. The minimum Gasteiger partial charge on any atom is -0.327 e. The van der Waals surface area contributed by atoms with E-state index in [4.69, 9.17) is 14.2 Å². The third kappa shape index (κ3) is 14.5. The van der Waals surface area contributed by atoms with Gasteiger partial charge in [0.1, 0.15) is 0 Å². The summed E-state index contributed by atoms with van der Waals surface area (Å²) in [5, 5.41) is 0. The molecule has 0 aromatic heterocycles. The molecule has 0 radical (unpaired) electrons. The molecule has 3 heteroatoms. The minimum atomic E-state index is -0.891. The Hall–Kier alpha value is -0.120. The van der Waals surface area contributed by atoms with Gasteiger partial charge in [-0.25, -0.2) is 0 Å². The fraction of sp³-hybridized carbons (Fsp3) is 1.00. The molecule has 176 valence electrons. The molecule has 3 nitrogen and oxygen atoms in total. The predicted octanol–water partition coefficient (Wildman–Crippen LogP) is 8.22. The van der Waals surface area contributed by atoms with Crippen LogP contribution in [-0.2, 0) is 14.2 Å². The molecule has 0 bridgehead atoms. The Morgan fingerprint density at radius 3 is 1.31 bits per heavy atom. The molecule has 0 aromatic rings. The summed E-state index contributed by atoms with van der Waals surface area (Å²) in [5.41, 5.74) is 0. The topological polar surface area (TPSA) is 27.7 Å².